The Bertz CT molecular complexity index is 571. The van der Waals surface area contributed by atoms with Crippen molar-refractivity contribution in [3.63, 3.8) is 0 Å². The van der Waals surface area contributed by atoms with Gasteiger partial charge in [-0.3, -0.25) is 10.1 Å². The van der Waals surface area contributed by atoms with E-state index in [0.29, 0.717) is 11.5 Å². The number of nitrogens with zero attached hydrogens (tertiary/aromatic N) is 1. The SMILES string of the molecule is COc1cccc(OC)c1-c1ccc([N+](=O)[O-])cc1. The van der Waals surface area contributed by atoms with E-state index < -0.39 is 4.92 Å². The largest absolute Gasteiger partial charge is 0.496 e. The Balaban J connectivity index is 2.54. The molecule has 0 spiro atoms. The van der Waals surface area contributed by atoms with Crippen molar-refractivity contribution in [1.82, 2.24) is 0 Å². The minimum Gasteiger partial charge on any atom is -0.496 e. The van der Waals surface area contributed by atoms with Crippen LogP contribution in [-0.2, 0) is 0 Å². The van der Waals surface area contributed by atoms with Gasteiger partial charge in [-0.1, -0.05) is 6.07 Å². The minimum absolute atomic E-state index is 0.0533. The van der Waals surface area contributed by atoms with E-state index >= 15 is 0 Å². The van der Waals surface area contributed by atoms with Crippen LogP contribution in [0.3, 0.4) is 0 Å². The summed E-state index contributed by atoms with van der Waals surface area (Å²) in [5.74, 6) is 1.32. The van der Waals surface area contributed by atoms with Crippen molar-refractivity contribution >= 4 is 5.69 Å². The molecule has 0 radical (unpaired) electrons. The molecule has 0 bridgehead atoms. The number of non-ortho nitro benzene ring substituents is 1. The van der Waals surface area contributed by atoms with Crippen molar-refractivity contribution in [3.8, 4) is 22.6 Å². The fraction of sp³-hybridized carbons (Fsp3) is 0.143. The number of rotatable bonds is 4. The van der Waals surface area contributed by atoms with E-state index in [0.717, 1.165) is 11.1 Å². The van der Waals surface area contributed by atoms with Crippen molar-refractivity contribution in [1.29, 1.82) is 0 Å². The van der Waals surface area contributed by atoms with Gasteiger partial charge in [-0.15, -0.1) is 0 Å². The highest BCUT2D eigenvalue weighted by Gasteiger charge is 2.13. The Hall–Kier alpha value is -2.56. The van der Waals surface area contributed by atoms with Crippen LogP contribution < -0.4 is 9.47 Å². The molecule has 2 aromatic carbocycles. The van der Waals surface area contributed by atoms with E-state index in [1.807, 2.05) is 18.2 Å². The maximum atomic E-state index is 10.7. The molecular formula is C14H13NO4. The average Bonchev–Trinajstić information content (AvgIpc) is 2.46. The van der Waals surface area contributed by atoms with Gasteiger partial charge in [0.25, 0.3) is 5.69 Å². The molecule has 2 aromatic rings. The van der Waals surface area contributed by atoms with E-state index in [2.05, 4.69) is 0 Å². The highest BCUT2D eigenvalue weighted by molar-refractivity contribution is 5.77. The summed E-state index contributed by atoms with van der Waals surface area (Å²) in [7, 11) is 3.15. The smallest absolute Gasteiger partial charge is 0.269 e. The molecule has 0 aliphatic heterocycles. The van der Waals surface area contributed by atoms with Crippen molar-refractivity contribution in [2.45, 2.75) is 0 Å². The summed E-state index contributed by atoms with van der Waals surface area (Å²) in [5.41, 5.74) is 1.64. The van der Waals surface area contributed by atoms with Gasteiger partial charge < -0.3 is 9.47 Å². The summed E-state index contributed by atoms with van der Waals surface area (Å²) >= 11 is 0. The predicted molar refractivity (Wildman–Crippen MR) is 71.6 cm³/mol. The van der Waals surface area contributed by atoms with Crippen molar-refractivity contribution in [3.05, 3.63) is 52.6 Å². The number of hydrogen-bond donors (Lipinski definition) is 0. The number of nitro groups is 1. The summed E-state index contributed by atoms with van der Waals surface area (Å²) in [4.78, 5) is 10.2. The summed E-state index contributed by atoms with van der Waals surface area (Å²) in [6.45, 7) is 0. The van der Waals surface area contributed by atoms with Crippen molar-refractivity contribution in [2.24, 2.45) is 0 Å². The zero-order valence-electron chi connectivity index (χ0n) is 10.6. The van der Waals surface area contributed by atoms with Gasteiger partial charge in [0.1, 0.15) is 11.5 Å². The third-order valence-electron chi connectivity index (χ3n) is 2.79. The highest BCUT2D eigenvalue weighted by atomic mass is 16.6. The first-order chi connectivity index (χ1) is 9.17. The second-order valence-electron chi connectivity index (χ2n) is 3.84. The number of nitro benzene ring substituents is 1. The van der Waals surface area contributed by atoms with Crippen molar-refractivity contribution in [2.75, 3.05) is 14.2 Å². The highest BCUT2D eigenvalue weighted by Crippen LogP contribution is 2.38. The van der Waals surface area contributed by atoms with E-state index in [4.69, 9.17) is 9.47 Å². The van der Waals surface area contributed by atoms with Gasteiger partial charge in [0.2, 0.25) is 0 Å². The lowest BCUT2D eigenvalue weighted by molar-refractivity contribution is -0.384. The first kappa shape index (κ1) is 12.9. The van der Waals surface area contributed by atoms with E-state index in [1.165, 1.54) is 12.1 Å². The molecule has 0 heterocycles. The predicted octanol–water partition coefficient (Wildman–Crippen LogP) is 3.28. The van der Waals surface area contributed by atoms with E-state index in [-0.39, 0.29) is 5.69 Å². The van der Waals surface area contributed by atoms with Crippen LogP contribution in [0.2, 0.25) is 0 Å². The normalized spacial score (nSPS) is 10.0. The Kier molecular flexibility index (Phi) is 3.66. The molecule has 98 valence electrons. The van der Waals surface area contributed by atoms with Gasteiger partial charge in [-0.2, -0.15) is 0 Å². The van der Waals surface area contributed by atoms with Crippen molar-refractivity contribution < 1.29 is 14.4 Å². The van der Waals surface area contributed by atoms with Crippen LogP contribution in [0.15, 0.2) is 42.5 Å². The molecule has 0 N–H and O–H groups in total. The zero-order valence-corrected chi connectivity index (χ0v) is 10.6. The number of methoxy groups -OCH3 is 2. The van der Waals surface area contributed by atoms with Gasteiger partial charge in [0, 0.05) is 12.1 Å². The van der Waals surface area contributed by atoms with Crippen LogP contribution in [0.4, 0.5) is 5.69 Å². The van der Waals surface area contributed by atoms with E-state index in [9.17, 15) is 10.1 Å². The first-order valence-electron chi connectivity index (χ1n) is 5.63. The standard InChI is InChI=1S/C14H13NO4/c1-18-12-4-3-5-13(19-2)14(12)10-6-8-11(9-7-10)15(16)17/h3-9H,1-2H3. The summed E-state index contributed by atoms with van der Waals surface area (Å²) in [6.07, 6.45) is 0. The molecular weight excluding hydrogens is 246 g/mol. The van der Waals surface area contributed by atoms with Gasteiger partial charge >= 0.3 is 0 Å². The fourth-order valence-corrected chi connectivity index (χ4v) is 1.89. The van der Waals surface area contributed by atoms with Crippen LogP contribution in [0.25, 0.3) is 11.1 Å². The summed E-state index contributed by atoms with van der Waals surface area (Å²) < 4.78 is 10.6. The average molecular weight is 259 g/mol. The van der Waals surface area contributed by atoms with Crippen LogP contribution in [0.5, 0.6) is 11.5 Å². The molecule has 0 saturated carbocycles. The summed E-state index contributed by atoms with van der Waals surface area (Å²) in [6, 6.07) is 11.7. The summed E-state index contributed by atoms with van der Waals surface area (Å²) in [5, 5.41) is 10.7. The second-order valence-corrected chi connectivity index (χ2v) is 3.84. The third-order valence-corrected chi connectivity index (χ3v) is 2.79. The molecule has 5 nitrogen and oxygen atoms in total. The van der Waals surface area contributed by atoms with E-state index in [1.54, 1.807) is 26.4 Å². The van der Waals surface area contributed by atoms with Gasteiger partial charge in [0.05, 0.1) is 24.7 Å². The molecule has 2 rings (SSSR count). The van der Waals surface area contributed by atoms with Crippen LogP contribution in [-0.4, -0.2) is 19.1 Å². The lowest BCUT2D eigenvalue weighted by atomic mass is 10.0. The molecule has 0 unspecified atom stereocenters. The molecule has 5 heteroatoms. The molecule has 0 atom stereocenters. The molecule has 0 aromatic heterocycles. The number of hydrogen-bond acceptors (Lipinski definition) is 4. The first-order valence-corrected chi connectivity index (χ1v) is 5.63. The Morgan fingerprint density at radius 2 is 1.47 bits per heavy atom. The molecule has 19 heavy (non-hydrogen) atoms. The second kappa shape index (κ2) is 5.39. The van der Waals surface area contributed by atoms with Crippen LogP contribution >= 0.6 is 0 Å². The maximum absolute atomic E-state index is 10.7. The Morgan fingerprint density at radius 1 is 0.947 bits per heavy atom. The molecule has 0 fully saturated rings. The molecule has 0 aliphatic rings. The fourth-order valence-electron chi connectivity index (χ4n) is 1.89. The number of benzene rings is 2. The molecule has 0 amide bonds. The lowest BCUT2D eigenvalue weighted by Crippen LogP contribution is -1.93. The van der Waals surface area contributed by atoms with Gasteiger partial charge in [-0.25, -0.2) is 0 Å². The monoisotopic (exact) mass is 259 g/mol. The molecule has 0 saturated heterocycles. The van der Waals surface area contributed by atoms with Crippen LogP contribution in [0.1, 0.15) is 0 Å². The number of ether oxygens (including phenoxy) is 2. The van der Waals surface area contributed by atoms with Crippen LogP contribution in [0, 0.1) is 10.1 Å². The van der Waals surface area contributed by atoms with Gasteiger partial charge in [-0.05, 0) is 29.8 Å². The Morgan fingerprint density at radius 3 is 1.89 bits per heavy atom. The maximum Gasteiger partial charge on any atom is 0.269 e. The lowest BCUT2D eigenvalue weighted by Gasteiger charge is -2.12. The third kappa shape index (κ3) is 2.49. The van der Waals surface area contributed by atoms with Gasteiger partial charge in [0.15, 0.2) is 0 Å². The molecule has 0 aliphatic carbocycles. The zero-order chi connectivity index (χ0) is 13.8. The minimum atomic E-state index is -0.427. The Labute approximate surface area is 110 Å². The topological polar surface area (TPSA) is 61.6 Å². The quantitative estimate of drug-likeness (QED) is 0.624.